The molecule has 3 rings (SSSR count). The van der Waals surface area contributed by atoms with Gasteiger partial charge in [-0.05, 0) is 40.2 Å². The zero-order valence-corrected chi connectivity index (χ0v) is 14.3. The van der Waals surface area contributed by atoms with E-state index in [1.54, 1.807) is 30.6 Å². The number of methoxy groups -OCH3 is 1. The zero-order valence-electron chi connectivity index (χ0n) is 14.3. The number of ether oxygens (including phenoxy) is 1. The SMILES string of the molecule is COCc1ccc(CC(=O)Nc2ccc3cnccc3c2)cc1B(O)O. The van der Waals surface area contributed by atoms with Gasteiger partial charge >= 0.3 is 7.12 Å². The fraction of sp³-hybridized carbons (Fsp3) is 0.158. The predicted octanol–water partition coefficient (Wildman–Crippen LogP) is 1.24. The van der Waals surface area contributed by atoms with E-state index in [9.17, 15) is 14.8 Å². The molecule has 0 unspecified atom stereocenters. The molecule has 7 heteroatoms. The van der Waals surface area contributed by atoms with E-state index < -0.39 is 7.12 Å². The van der Waals surface area contributed by atoms with Gasteiger partial charge in [-0.3, -0.25) is 9.78 Å². The van der Waals surface area contributed by atoms with E-state index in [0.29, 0.717) is 22.3 Å². The number of carbonyl (C=O) groups is 1. The molecule has 1 amide bonds. The smallest absolute Gasteiger partial charge is 0.423 e. The molecule has 0 aliphatic heterocycles. The Labute approximate surface area is 151 Å². The van der Waals surface area contributed by atoms with E-state index in [4.69, 9.17) is 4.74 Å². The third-order valence-corrected chi connectivity index (χ3v) is 4.08. The summed E-state index contributed by atoms with van der Waals surface area (Å²) >= 11 is 0. The average molecular weight is 350 g/mol. The van der Waals surface area contributed by atoms with Crippen molar-refractivity contribution in [2.24, 2.45) is 0 Å². The van der Waals surface area contributed by atoms with Gasteiger partial charge < -0.3 is 20.1 Å². The number of carbonyl (C=O) groups excluding carboxylic acids is 1. The highest BCUT2D eigenvalue weighted by Crippen LogP contribution is 2.18. The minimum Gasteiger partial charge on any atom is -0.423 e. The van der Waals surface area contributed by atoms with Gasteiger partial charge in [0.15, 0.2) is 0 Å². The van der Waals surface area contributed by atoms with Crippen LogP contribution in [0.1, 0.15) is 11.1 Å². The van der Waals surface area contributed by atoms with E-state index in [1.165, 1.54) is 7.11 Å². The molecular formula is C19H19BN2O4. The highest BCUT2D eigenvalue weighted by Gasteiger charge is 2.17. The molecule has 0 radical (unpaired) electrons. The van der Waals surface area contributed by atoms with Crippen LogP contribution in [0, 0.1) is 0 Å². The number of fused-ring (bicyclic) bond motifs is 1. The molecule has 3 N–H and O–H groups in total. The van der Waals surface area contributed by atoms with Crippen molar-refractivity contribution >= 4 is 34.9 Å². The number of pyridine rings is 1. The van der Waals surface area contributed by atoms with E-state index >= 15 is 0 Å². The lowest BCUT2D eigenvalue weighted by molar-refractivity contribution is -0.115. The Morgan fingerprint density at radius 3 is 2.77 bits per heavy atom. The summed E-state index contributed by atoms with van der Waals surface area (Å²) in [5, 5.41) is 23.9. The van der Waals surface area contributed by atoms with Crippen LogP contribution >= 0.6 is 0 Å². The summed E-state index contributed by atoms with van der Waals surface area (Å²) in [5.74, 6) is -0.184. The summed E-state index contributed by atoms with van der Waals surface area (Å²) < 4.78 is 5.05. The van der Waals surface area contributed by atoms with Crippen LogP contribution in [-0.2, 0) is 22.6 Å². The summed E-state index contributed by atoms with van der Waals surface area (Å²) in [5.41, 5.74) is 2.41. The second-order valence-electron chi connectivity index (χ2n) is 6.00. The lowest BCUT2D eigenvalue weighted by Crippen LogP contribution is -2.34. The van der Waals surface area contributed by atoms with Crippen molar-refractivity contribution in [3.8, 4) is 0 Å². The molecule has 132 valence electrons. The first-order valence-corrected chi connectivity index (χ1v) is 8.17. The summed E-state index contributed by atoms with van der Waals surface area (Å²) in [6, 6.07) is 12.6. The lowest BCUT2D eigenvalue weighted by atomic mass is 9.76. The fourth-order valence-electron chi connectivity index (χ4n) is 2.83. The number of benzene rings is 2. The van der Waals surface area contributed by atoms with Gasteiger partial charge in [-0.1, -0.05) is 24.3 Å². The van der Waals surface area contributed by atoms with E-state index in [1.807, 2.05) is 24.3 Å². The molecule has 0 saturated heterocycles. The first-order valence-electron chi connectivity index (χ1n) is 8.17. The third-order valence-electron chi connectivity index (χ3n) is 4.08. The van der Waals surface area contributed by atoms with Crippen LogP contribution in [-0.4, -0.2) is 35.2 Å². The molecule has 6 nitrogen and oxygen atoms in total. The largest absolute Gasteiger partial charge is 0.488 e. The molecule has 0 bridgehead atoms. The highest BCUT2D eigenvalue weighted by molar-refractivity contribution is 6.59. The number of aromatic nitrogens is 1. The first kappa shape index (κ1) is 18.1. The molecule has 3 aromatic rings. The van der Waals surface area contributed by atoms with E-state index in [-0.39, 0.29) is 18.9 Å². The van der Waals surface area contributed by atoms with Crippen LogP contribution in [0.5, 0.6) is 0 Å². The van der Waals surface area contributed by atoms with Gasteiger partial charge in [0.25, 0.3) is 0 Å². The molecule has 0 aliphatic rings. The molecule has 0 fully saturated rings. The van der Waals surface area contributed by atoms with Crippen molar-refractivity contribution in [1.82, 2.24) is 4.98 Å². The molecule has 26 heavy (non-hydrogen) atoms. The van der Waals surface area contributed by atoms with Crippen LogP contribution in [0.3, 0.4) is 0 Å². The van der Waals surface area contributed by atoms with E-state index in [2.05, 4.69) is 10.3 Å². The number of rotatable bonds is 6. The van der Waals surface area contributed by atoms with Gasteiger partial charge in [-0.2, -0.15) is 0 Å². The Morgan fingerprint density at radius 1 is 1.15 bits per heavy atom. The standard InChI is InChI=1S/C19H19BN2O4/c1-26-12-16-3-2-13(8-18(16)20(24)25)9-19(23)22-17-5-4-15-11-21-7-6-14(15)10-17/h2-8,10-11,24-25H,9,12H2,1H3,(H,22,23). The second kappa shape index (κ2) is 8.10. The molecule has 0 spiro atoms. The summed E-state index contributed by atoms with van der Waals surface area (Å²) in [6.07, 6.45) is 3.60. The minimum absolute atomic E-state index is 0.126. The second-order valence-corrected chi connectivity index (χ2v) is 6.00. The normalized spacial score (nSPS) is 10.7. The topological polar surface area (TPSA) is 91.7 Å². The molecule has 0 atom stereocenters. The summed E-state index contributed by atoms with van der Waals surface area (Å²) in [6.45, 7) is 0.269. The van der Waals surface area contributed by atoms with Crippen LogP contribution in [0.2, 0.25) is 0 Å². The van der Waals surface area contributed by atoms with Crippen molar-refractivity contribution in [3.05, 3.63) is 66.0 Å². The first-order chi connectivity index (χ1) is 12.6. The van der Waals surface area contributed by atoms with Gasteiger partial charge in [0, 0.05) is 30.6 Å². The van der Waals surface area contributed by atoms with Crippen LogP contribution < -0.4 is 10.8 Å². The Morgan fingerprint density at radius 2 is 2.00 bits per heavy atom. The van der Waals surface area contributed by atoms with Gasteiger partial charge in [-0.25, -0.2) is 0 Å². The maximum atomic E-state index is 12.3. The number of hydrogen-bond acceptors (Lipinski definition) is 5. The third kappa shape index (κ3) is 4.26. The Kier molecular flexibility index (Phi) is 5.63. The number of anilines is 1. The quantitative estimate of drug-likeness (QED) is 0.582. The average Bonchev–Trinajstić information content (AvgIpc) is 2.63. The number of amides is 1. The number of nitrogens with one attached hydrogen (secondary N) is 1. The monoisotopic (exact) mass is 350 g/mol. The highest BCUT2D eigenvalue weighted by atomic mass is 16.5. The van der Waals surface area contributed by atoms with Crippen molar-refractivity contribution in [2.45, 2.75) is 13.0 Å². The van der Waals surface area contributed by atoms with Crippen LogP contribution in [0.4, 0.5) is 5.69 Å². The van der Waals surface area contributed by atoms with Crippen molar-refractivity contribution in [3.63, 3.8) is 0 Å². The summed E-state index contributed by atoms with van der Waals surface area (Å²) in [4.78, 5) is 16.4. The van der Waals surface area contributed by atoms with Gasteiger partial charge in [0.2, 0.25) is 5.91 Å². The number of hydrogen-bond donors (Lipinski definition) is 3. The zero-order chi connectivity index (χ0) is 18.5. The van der Waals surface area contributed by atoms with Gasteiger partial charge in [-0.15, -0.1) is 0 Å². The van der Waals surface area contributed by atoms with Crippen molar-refractivity contribution in [1.29, 1.82) is 0 Å². The predicted molar refractivity (Wildman–Crippen MR) is 101 cm³/mol. The fourth-order valence-corrected chi connectivity index (χ4v) is 2.83. The maximum absolute atomic E-state index is 12.3. The molecule has 1 heterocycles. The molecule has 1 aromatic heterocycles. The molecule has 0 aliphatic carbocycles. The van der Waals surface area contributed by atoms with Gasteiger partial charge in [0.05, 0.1) is 13.0 Å². The van der Waals surface area contributed by atoms with Crippen LogP contribution in [0.25, 0.3) is 10.8 Å². The molecule has 2 aromatic carbocycles. The molecule has 0 saturated carbocycles. The minimum atomic E-state index is -1.61. The van der Waals surface area contributed by atoms with Gasteiger partial charge in [0.1, 0.15) is 0 Å². The Hall–Kier alpha value is -2.74. The van der Waals surface area contributed by atoms with Crippen molar-refractivity contribution < 1.29 is 19.6 Å². The van der Waals surface area contributed by atoms with Crippen LogP contribution in [0.15, 0.2) is 54.9 Å². The Bertz CT molecular complexity index is 930. The summed E-state index contributed by atoms with van der Waals surface area (Å²) in [7, 11) is -0.0774. The number of nitrogens with zero attached hydrogens (tertiary/aromatic N) is 1. The Balaban J connectivity index is 1.73. The van der Waals surface area contributed by atoms with E-state index in [0.717, 1.165) is 10.8 Å². The molecular weight excluding hydrogens is 331 g/mol. The van der Waals surface area contributed by atoms with Crippen molar-refractivity contribution in [2.75, 3.05) is 12.4 Å². The lowest BCUT2D eigenvalue weighted by Gasteiger charge is -2.11. The maximum Gasteiger partial charge on any atom is 0.488 e.